The van der Waals surface area contributed by atoms with Crippen LogP contribution in [-0.4, -0.2) is 19.0 Å². The molecule has 0 bridgehead atoms. The van der Waals surface area contributed by atoms with Crippen molar-refractivity contribution in [2.75, 3.05) is 24.3 Å². The van der Waals surface area contributed by atoms with Crippen LogP contribution in [0.3, 0.4) is 0 Å². The molecule has 0 heterocycles. The maximum Gasteiger partial charge on any atom is 0.272 e. The Balaban J connectivity index is 2.15. The summed E-state index contributed by atoms with van der Waals surface area (Å²) in [6, 6.07) is 13.2. The summed E-state index contributed by atoms with van der Waals surface area (Å²) in [6.45, 7) is 2.34. The molecular formula is C16H19N3O2. The van der Waals surface area contributed by atoms with Gasteiger partial charge in [-0.25, -0.2) is 0 Å². The van der Waals surface area contributed by atoms with E-state index in [-0.39, 0.29) is 10.6 Å². The molecule has 0 saturated heterocycles. The lowest BCUT2D eigenvalue weighted by molar-refractivity contribution is -0.385. The molecule has 2 rings (SSSR count). The van der Waals surface area contributed by atoms with E-state index in [0.717, 1.165) is 16.9 Å². The first-order valence-corrected chi connectivity index (χ1v) is 6.73. The number of nitro groups is 1. The fourth-order valence-electron chi connectivity index (χ4n) is 2.15. The molecule has 0 aromatic heterocycles. The first-order chi connectivity index (χ1) is 9.99. The van der Waals surface area contributed by atoms with Gasteiger partial charge in [0, 0.05) is 43.6 Å². The van der Waals surface area contributed by atoms with Gasteiger partial charge in [0.1, 0.15) is 0 Å². The van der Waals surface area contributed by atoms with Crippen LogP contribution in [0.25, 0.3) is 0 Å². The summed E-state index contributed by atoms with van der Waals surface area (Å²) in [6.07, 6.45) is 0. The molecule has 2 aromatic carbocycles. The van der Waals surface area contributed by atoms with Crippen molar-refractivity contribution >= 4 is 17.1 Å². The van der Waals surface area contributed by atoms with E-state index in [2.05, 4.69) is 5.32 Å². The van der Waals surface area contributed by atoms with Crippen LogP contribution in [-0.2, 0) is 6.54 Å². The Morgan fingerprint density at radius 3 is 2.57 bits per heavy atom. The monoisotopic (exact) mass is 285 g/mol. The van der Waals surface area contributed by atoms with Crippen molar-refractivity contribution in [3.05, 3.63) is 63.7 Å². The van der Waals surface area contributed by atoms with Gasteiger partial charge in [-0.3, -0.25) is 10.1 Å². The quantitative estimate of drug-likeness (QED) is 0.674. The molecule has 5 nitrogen and oxygen atoms in total. The second kappa shape index (κ2) is 6.26. The lowest BCUT2D eigenvalue weighted by Crippen LogP contribution is -2.09. The predicted octanol–water partition coefficient (Wildman–Crippen LogP) is 3.58. The van der Waals surface area contributed by atoms with Crippen LogP contribution in [0.15, 0.2) is 42.5 Å². The predicted molar refractivity (Wildman–Crippen MR) is 85.9 cm³/mol. The van der Waals surface area contributed by atoms with Gasteiger partial charge in [-0.05, 0) is 30.7 Å². The molecule has 21 heavy (non-hydrogen) atoms. The maximum absolute atomic E-state index is 10.9. The third-order valence-corrected chi connectivity index (χ3v) is 3.46. The van der Waals surface area contributed by atoms with Crippen molar-refractivity contribution in [3.63, 3.8) is 0 Å². The van der Waals surface area contributed by atoms with Crippen molar-refractivity contribution in [3.8, 4) is 0 Å². The molecule has 0 radical (unpaired) electrons. The van der Waals surface area contributed by atoms with Crippen LogP contribution >= 0.6 is 0 Å². The SMILES string of the molecule is Cc1c(CNc2cccc(N(C)C)c2)cccc1[N+](=O)[O-]. The smallest absolute Gasteiger partial charge is 0.272 e. The Hall–Kier alpha value is -2.56. The minimum absolute atomic E-state index is 0.163. The summed E-state index contributed by atoms with van der Waals surface area (Å²) < 4.78 is 0. The molecule has 0 unspecified atom stereocenters. The summed E-state index contributed by atoms with van der Waals surface area (Å²) >= 11 is 0. The van der Waals surface area contributed by atoms with Gasteiger partial charge in [0.25, 0.3) is 5.69 Å². The van der Waals surface area contributed by atoms with E-state index < -0.39 is 0 Å². The molecule has 1 N–H and O–H groups in total. The van der Waals surface area contributed by atoms with E-state index in [9.17, 15) is 10.1 Å². The van der Waals surface area contributed by atoms with Crippen LogP contribution in [0.1, 0.15) is 11.1 Å². The van der Waals surface area contributed by atoms with E-state index in [0.29, 0.717) is 12.1 Å². The molecule has 0 atom stereocenters. The maximum atomic E-state index is 10.9. The summed E-state index contributed by atoms with van der Waals surface area (Å²) in [4.78, 5) is 12.6. The molecule has 5 heteroatoms. The minimum atomic E-state index is -0.342. The van der Waals surface area contributed by atoms with Gasteiger partial charge in [-0.15, -0.1) is 0 Å². The van der Waals surface area contributed by atoms with Gasteiger partial charge in [0.05, 0.1) is 4.92 Å². The van der Waals surface area contributed by atoms with Gasteiger partial charge in [-0.2, -0.15) is 0 Å². The number of nitro benzene ring substituents is 1. The number of hydrogen-bond donors (Lipinski definition) is 1. The molecule has 0 fully saturated rings. The number of rotatable bonds is 5. The number of anilines is 2. The highest BCUT2D eigenvalue weighted by Crippen LogP contribution is 2.23. The van der Waals surface area contributed by atoms with Crippen molar-refractivity contribution in [2.24, 2.45) is 0 Å². The molecule has 0 saturated carbocycles. The minimum Gasteiger partial charge on any atom is -0.381 e. The summed E-state index contributed by atoms with van der Waals surface area (Å²) in [7, 11) is 3.98. The highest BCUT2D eigenvalue weighted by molar-refractivity contribution is 5.58. The van der Waals surface area contributed by atoms with E-state index in [1.807, 2.05) is 49.3 Å². The zero-order valence-corrected chi connectivity index (χ0v) is 12.5. The van der Waals surface area contributed by atoms with E-state index in [1.165, 1.54) is 6.07 Å². The largest absolute Gasteiger partial charge is 0.381 e. The molecule has 0 amide bonds. The Kier molecular flexibility index (Phi) is 4.42. The average Bonchev–Trinajstić information content (AvgIpc) is 2.46. The number of nitrogens with zero attached hydrogens (tertiary/aromatic N) is 2. The second-order valence-corrected chi connectivity index (χ2v) is 5.12. The Morgan fingerprint density at radius 1 is 1.19 bits per heavy atom. The Morgan fingerprint density at radius 2 is 1.90 bits per heavy atom. The molecule has 0 aliphatic rings. The zero-order valence-electron chi connectivity index (χ0n) is 12.5. The number of hydrogen-bond acceptors (Lipinski definition) is 4. The summed E-state index contributed by atoms with van der Waals surface area (Å²) in [5, 5.41) is 14.3. The van der Waals surface area contributed by atoms with Crippen molar-refractivity contribution < 1.29 is 4.92 Å². The number of nitrogens with one attached hydrogen (secondary N) is 1. The van der Waals surface area contributed by atoms with Crippen LogP contribution < -0.4 is 10.2 Å². The van der Waals surface area contributed by atoms with Crippen molar-refractivity contribution in [1.82, 2.24) is 0 Å². The molecule has 110 valence electrons. The topological polar surface area (TPSA) is 58.4 Å². The van der Waals surface area contributed by atoms with Crippen molar-refractivity contribution in [2.45, 2.75) is 13.5 Å². The molecule has 0 spiro atoms. The third-order valence-electron chi connectivity index (χ3n) is 3.46. The first kappa shape index (κ1) is 14.8. The average molecular weight is 285 g/mol. The van der Waals surface area contributed by atoms with Gasteiger partial charge >= 0.3 is 0 Å². The highest BCUT2D eigenvalue weighted by Gasteiger charge is 2.12. The van der Waals surface area contributed by atoms with Gasteiger partial charge in [0.2, 0.25) is 0 Å². The standard InChI is InChI=1S/C16H19N3O2/c1-12-13(6-4-9-16(12)19(20)21)11-17-14-7-5-8-15(10-14)18(2)3/h4-10,17H,11H2,1-3H3. The second-order valence-electron chi connectivity index (χ2n) is 5.12. The Labute approximate surface area is 124 Å². The lowest BCUT2D eigenvalue weighted by atomic mass is 10.1. The van der Waals surface area contributed by atoms with Crippen LogP contribution in [0.5, 0.6) is 0 Å². The fourth-order valence-corrected chi connectivity index (χ4v) is 2.15. The zero-order chi connectivity index (χ0) is 15.4. The van der Waals surface area contributed by atoms with Gasteiger partial charge in [-0.1, -0.05) is 18.2 Å². The summed E-state index contributed by atoms with van der Waals surface area (Å²) in [5.74, 6) is 0. The van der Waals surface area contributed by atoms with E-state index in [4.69, 9.17) is 0 Å². The van der Waals surface area contributed by atoms with Crippen LogP contribution in [0, 0.1) is 17.0 Å². The fraction of sp³-hybridized carbons (Fsp3) is 0.250. The number of benzene rings is 2. The molecule has 0 aliphatic carbocycles. The molecule has 0 aliphatic heterocycles. The normalized spacial score (nSPS) is 10.2. The van der Waals surface area contributed by atoms with E-state index >= 15 is 0 Å². The third kappa shape index (κ3) is 3.51. The van der Waals surface area contributed by atoms with Gasteiger partial charge < -0.3 is 10.2 Å². The Bertz CT molecular complexity index is 654. The van der Waals surface area contributed by atoms with E-state index in [1.54, 1.807) is 13.0 Å². The van der Waals surface area contributed by atoms with Crippen LogP contribution in [0.2, 0.25) is 0 Å². The first-order valence-electron chi connectivity index (χ1n) is 6.73. The summed E-state index contributed by atoms with van der Waals surface area (Å²) in [5.41, 5.74) is 3.90. The molecule has 2 aromatic rings. The van der Waals surface area contributed by atoms with Crippen molar-refractivity contribution in [1.29, 1.82) is 0 Å². The van der Waals surface area contributed by atoms with Gasteiger partial charge in [0.15, 0.2) is 0 Å². The van der Waals surface area contributed by atoms with Crippen LogP contribution in [0.4, 0.5) is 17.1 Å². The highest BCUT2D eigenvalue weighted by atomic mass is 16.6. The lowest BCUT2D eigenvalue weighted by Gasteiger charge is -2.15. The molecular weight excluding hydrogens is 266 g/mol.